The van der Waals surface area contributed by atoms with Crippen LogP contribution in [0.15, 0.2) is 60.7 Å². The Morgan fingerprint density at radius 3 is 1.51 bits per heavy atom. The molecule has 0 saturated heterocycles. The molecule has 49 heavy (non-hydrogen) atoms. The molecule has 0 fully saturated rings. The lowest BCUT2D eigenvalue weighted by Crippen LogP contribution is -2.26. The zero-order valence-electron chi connectivity index (χ0n) is 30.9. The van der Waals surface area contributed by atoms with Crippen LogP contribution in [0.25, 0.3) is 43.6 Å². The highest BCUT2D eigenvalue weighted by atomic mass is 15.1. The SMILES string of the molecule is CCCCn1c2ccccc2c2cc(CN(CCCCCN)Cc3cc4c5ccccc5n(CCCC)c4c(C(C)C)n3)nc(C(C)C)c21. The number of hydrogen-bond donors (Lipinski definition) is 1. The molecule has 0 radical (unpaired) electrons. The topological polar surface area (TPSA) is 64.9 Å². The average molecular weight is 659 g/mol. The van der Waals surface area contributed by atoms with E-state index < -0.39 is 0 Å². The molecule has 0 bridgehead atoms. The van der Waals surface area contributed by atoms with Crippen LogP contribution in [0, 0.1) is 0 Å². The van der Waals surface area contributed by atoms with Gasteiger partial charge in [0.15, 0.2) is 0 Å². The molecule has 0 amide bonds. The van der Waals surface area contributed by atoms with Crippen molar-refractivity contribution in [2.24, 2.45) is 5.73 Å². The van der Waals surface area contributed by atoms with Crippen molar-refractivity contribution in [2.45, 2.75) is 125 Å². The Balaban J connectivity index is 1.43. The summed E-state index contributed by atoms with van der Waals surface area (Å²) in [6.07, 6.45) is 7.98. The largest absolute Gasteiger partial charge is 0.339 e. The van der Waals surface area contributed by atoms with Crippen LogP contribution in [-0.4, -0.2) is 37.1 Å². The van der Waals surface area contributed by atoms with Crippen molar-refractivity contribution in [2.75, 3.05) is 13.1 Å². The fourth-order valence-corrected chi connectivity index (χ4v) is 7.71. The lowest BCUT2D eigenvalue weighted by molar-refractivity contribution is 0.244. The van der Waals surface area contributed by atoms with Gasteiger partial charge in [0.2, 0.25) is 0 Å². The normalized spacial score (nSPS) is 12.4. The standard InChI is InChI=1S/C43H58N6/c1-7-9-24-48-38-20-14-12-18-34(38)36-26-32(45-40(30(3)4)42(36)48)28-47(23-17-11-16-22-44)29-33-27-37-35-19-13-15-21-39(35)49(25-10-8-2)43(37)41(46-33)31(5)6/h12-15,18-21,26-27,30-31H,7-11,16-17,22-25,28-29,44H2,1-6H3. The lowest BCUT2D eigenvalue weighted by atomic mass is 10.0. The lowest BCUT2D eigenvalue weighted by Gasteiger charge is -2.24. The number of aromatic nitrogens is 4. The molecule has 6 heteroatoms. The molecule has 0 unspecified atom stereocenters. The van der Waals surface area contributed by atoms with Gasteiger partial charge in [0, 0.05) is 58.8 Å². The van der Waals surface area contributed by atoms with Gasteiger partial charge in [-0.2, -0.15) is 0 Å². The summed E-state index contributed by atoms with van der Waals surface area (Å²) in [5.41, 5.74) is 15.9. The first kappa shape index (κ1) is 35.1. The molecule has 2 aromatic carbocycles. The van der Waals surface area contributed by atoms with Gasteiger partial charge in [0.25, 0.3) is 0 Å². The zero-order chi connectivity index (χ0) is 34.5. The summed E-state index contributed by atoms with van der Waals surface area (Å²) in [5.74, 6) is 0.653. The molecule has 6 nitrogen and oxygen atoms in total. The second kappa shape index (κ2) is 15.9. The maximum absolute atomic E-state index is 5.91. The van der Waals surface area contributed by atoms with E-state index in [1.165, 1.54) is 67.8 Å². The number of nitrogens with two attached hydrogens (primary N) is 1. The van der Waals surface area contributed by atoms with E-state index in [4.69, 9.17) is 15.7 Å². The van der Waals surface area contributed by atoms with Crippen molar-refractivity contribution in [3.8, 4) is 0 Å². The van der Waals surface area contributed by atoms with Gasteiger partial charge < -0.3 is 14.9 Å². The monoisotopic (exact) mass is 658 g/mol. The van der Waals surface area contributed by atoms with E-state index in [0.29, 0.717) is 11.8 Å². The molecule has 2 N–H and O–H groups in total. The van der Waals surface area contributed by atoms with Crippen LogP contribution in [0.1, 0.15) is 121 Å². The molecule has 4 aromatic heterocycles. The van der Waals surface area contributed by atoms with Crippen LogP contribution in [0.2, 0.25) is 0 Å². The second-order valence-electron chi connectivity index (χ2n) is 14.7. The van der Waals surface area contributed by atoms with Gasteiger partial charge in [-0.25, -0.2) is 0 Å². The summed E-state index contributed by atoms with van der Waals surface area (Å²) in [5, 5.41) is 5.35. The van der Waals surface area contributed by atoms with Crippen molar-refractivity contribution in [3.05, 3.63) is 83.4 Å². The predicted molar refractivity (Wildman–Crippen MR) is 209 cm³/mol. The summed E-state index contributed by atoms with van der Waals surface area (Å²) in [4.78, 5) is 13.5. The first-order valence-electron chi connectivity index (χ1n) is 19.1. The van der Waals surface area contributed by atoms with Crippen LogP contribution in [0.4, 0.5) is 0 Å². The first-order valence-corrected chi connectivity index (χ1v) is 19.1. The molecule has 6 aromatic rings. The summed E-state index contributed by atoms with van der Waals surface area (Å²) in [7, 11) is 0. The molecule has 4 heterocycles. The number of benzene rings is 2. The molecular formula is C43H58N6. The van der Waals surface area contributed by atoms with Gasteiger partial charge in [0.1, 0.15) is 0 Å². The van der Waals surface area contributed by atoms with Gasteiger partial charge >= 0.3 is 0 Å². The number of nitrogens with zero attached hydrogens (tertiary/aromatic N) is 5. The number of unbranched alkanes of at least 4 members (excludes halogenated alkanes) is 4. The maximum atomic E-state index is 5.91. The highest BCUT2D eigenvalue weighted by Gasteiger charge is 2.22. The maximum Gasteiger partial charge on any atom is 0.0713 e. The minimum absolute atomic E-state index is 0.327. The molecule has 0 atom stereocenters. The second-order valence-corrected chi connectivity index (χ2v) is 14.7. The van der Waals surface area contributed by atoms with Crippen LogP contribution in [0.3, 0.4) is 0 Å². The number of para-hydroxylation sites is 2. The number of fused-ring (bicyclic) bond motifs is 6. The Labute approximate surface area is 293 Å². The van der Waals surface area contributed by atoms with Crippen LogP contribution < -0.4 is 5.73 Å². The van der Waals surface area contributed by atoms with Crippen molar-refractivity contribution < 1.29 is 0 Å². The molecule has 0 spiro atoms. The molecule has 0 aliphatic carbocycles. The Bertz CT molecular complexity index is 1870. The Morgan fingerprint density at radius 2 is 1.08 bits per heavy atom. The highest BCUT2D eigenvalue weighted by Crippen LogP contribution is 2.36. The van der Waals surface area contributed by atoms with Crippen LogP contribution in [0.5, 0.6) is 0 Å². The third-order valence-corrected chi connectivity index (χ3v) is 10.2. The zero-order valence-corrected chi connectivity index (χ0v) is 30.9. The fraction of sp³-hybridized carbons (Fsp3) is 0.488. The van der Waals surface area contributed by atoms with E-state index in [-0.39, 0.29) is 0 Å². The predicted octanol–water partition coefficient (Wildman–Crippen LogP) is 10.7. The van der Waals surface area contributed by atoms with Crippen molar-refractivity contribution in [1.82, 2.24) is 24.0 Å². The minimum atomic E-state index is 0.327. The Hall–Kier alpha value is -3.74. The molecule has 6 rings (SSSR count). The van der Waals surface area contributed by atoms with Gasteiger partial charge in [-0.05, 0) is 74.9 Å². The number of rotatable bonds is 17. The van der Waals surface area contributed by atoms with Crippen LogP contribution >= 0.6 is 0 Å². The summed E-state index contributed by atoms with van der Waals surface area (Å²) in [6, 6.07) is 22.6. The Kier molecular flexibility index (Phi) is 11.4. The van der Waals surface area contributed by atoms with E-state index >= 15 is 0 Å². The molecular weight excluding hydrogens is 601 g/mol. The van der Waals surface area contributed by atoms with E-state index in [1.807, 2.05) is 0 Å². The van der Waals surface area contributed by atoms with Crippen molar-refractivity contribution >= 4 is 43.6 Å². The van der Waals surface area contributed by atoms with Gasteiger partial charge in [0.05, 0.1) is 33.8 Å². The fourth-order valence-electron chi connectivity index (χ4n) is 7.71. The molecule has 0 aliphatic heterocycles. The average Bonchev–Trinajstić information content (AvgIpc) is 3.59. The Morgan fingerprint density at radius 1 is 0.612 bits per heavy atom. The van der Waals surface area contributed by atoms with E-state index in [9.17, 15) is 0 Å². The summed E-state index contributed by atoms with van der Waals surface area (Å²) in [6.45, 7) is 19.1. The van der Waals surface area contributed by atoms with Gasteiger partial charge in [-0.1, -0.05) is 97.2 Å². The molecule has 0 aliphatic rings. The third kappa shape index (κ3) is 7.27. The van der Waals surface area contributed by atoms with Crippen LogP contribution in [-0.2, 0) is 26.2 Å². The quantitative estimate of drug-likeness (QED) is 0.0991. The molecule has 260 valence electrons. The molecule has 0 saturated carbocycles. The minimum Gasteiger partial charge on any atom is -0.339 e. The number of hydrogen-bond acceptors (Lipinski definition) is 4. The number of pyridine rings is 2. The van der Waals surface area contributed by atoms with Crippen molar-refractivity contribution in [1.29, 1.82) is 0 Å². The van der Waals surface area contributed by atoms with Crippen molar-refractivity contribution in [3.63, 3.8) is 0 Å². The number of aryl methyl sites for hydroxylation is 2. The summed E-state index contributed by atoms with van der Waals surface area (Å²) < 4.78 is 5.07. The summed E-state index contributed by atoms with van der Waals surface area (Å²) >= 11 is 0. The van der Waals surface area contributed by atoms with Gasteiger partial charge in [-0.3, -0.25) is 14.9 Å². The van der Waals surface area contributed by atoms with E-state index in [1.54, 1.807) is 0 Å². The first-order chi connectivity index (χ1) is 23.9. The third-order valence-electron chi connectivity index (χ3n) is 10.2. The smallest absolute Gasteiger partial charge is 0.0713 e. The van der Waals surface area contributed by atoms with Gasteiger partial charge in [-0.15, -0.1) is 0 Å². The van der Waals surface area contributed by atoms with E-state index in [0.717, 1.165) is 82.8 Å². The highest BCUT2D eigenvalue weighted by molar-refractivity contribution is 6.10. The van der Waals surface area contributed by atoms with E-state index in [2.05, 4.69) is 116 Å².